The molecule has 0 aliphatic carbocycles. The fourth-order valence-corrected chi connectivity index (χ4v) is 1.75. The molecule has 1 aromatic carbocycles. The number of benzene rings is 1. The molecule has 0 saturated carbocycles. The monoisotopic (exact) mass is 301 g/mol. The van der Waals surface area contributed by atoms with Crippen LogP contribution in [0.25, 0.3) is 0 Å². The highest BCUT2D eigenvalue weighted by molar-refractivity contribution is 7.89. The molecule has 1 aromatic rings. The van der Waals surface area contributed by atoms with E-state index in [0.717, 1.165) is 0 Å². The van der Waals surface area contributed by atoms with E-state index in [-0.39, 0.29) is 11.4 Å². The number of carboxylic acid groups (broad SMARTS) is 1. The molecule has 2 amide bonds. The molecule has 0 spiro atoms. The van der Waals surface area contributed by atoms with Crippen LogP contribution in [-0.4, -0.2) is 32.1 Å². The summed E-state index contributed by atoms with van der Waals surface area (Å²) in [7, 11) is -3.77. The smallest absolute Gasteiger partial charge is 0.319 e. The zero-order valence-electron chi connectivity index (χ0n) is 10.7. The average molecular weight is 301 g/mol. The van der Waals surface area contributed by atoms with Gasteiger partial charge < -0.3 is 15.7 Å². The predicted molar refractivity (Wildman–Crippen MR) is 71.6 cm³/mol. The molecule has 1 unspecified atom stereocenters. The lowest BCUT2D eigenvalue weighted by Gasteiger charge is -2.10. The summed E-state index contributed by atoms with van der Waals surface area (Å²) >= 11 is 0. The predicted octanol–water partition coefficient (Wildman–Crippen LogP) is 0.176. The number of nitrogens with two attached hydrogens (primary N) is 1. The standard InChI is InChI=1S/C11H15N3O5S/c1-7(10(15)16)6-13-11(17)14-8-2-4-9(5-3-8)20(12,18)19/h2-5,7H,6H2,1H3,(H,15,16)(H2,12,18,19)(H2,13,14,17). The molecule has 0 aromatic heterocycles. The van der Waals surface area contributed by atoms with E-state index in [4.69, 9.17) is 10.2 Å². The van der Waals surface area contributed by atoms with Gasteiger partial charge in [-0.2, -0.15) is 0 Å². The minimum Gasteiger partial charge on any atom is -0.481 e. The fraction of sp³-hybridized carbons (Fsp3) is 0.273. The number of primary sulfonamides is 1. The van der Waals surface area contributed by atoms with Gasteiger partial charge in [0.1, 0.15) is 0 Å². The average Bonchev–Trinajstić information content (AvgIpc) is 2.35. The number of hydrogen-bond donors (Lipinski definition) is 4. The van der Waals surface area contributed by atoms with Crippen molar-refractivity contribution in [3.63, 3.8) is 0 Å². The molecule has 110 valence electrons. The number of hydrogen-bond acceptors (Lipinski definition) is 4. The minimum absolute atomic E-state index is 0.0174. The van der Waals surface area contributed by atoms with Gasteiger partial charge in [0.2, 0.25) is 10.0 Å². The zero-order chi connectivity index (χ0) is 15.3. The third kappa shape index (κ3) is 4.86. The SMILES string of the molecule is CC(CNC(=O)Nc1ccc(S(N)(=O)=O)cc1)C(=O)O. The van der Waals surface area contributed by atoms with Crippen molar-refractivity contribution in [2.45, 2.75) is 11.8 Å². The molecule has 5 N–H and O–H groups in total. The summed E-state index contributed by atoms with van der Waals surface area (Å²) in [6.07, 6.45) is 0. The molecule has 0 heterocycles. The van der Waals surface area contributed by atoms with E-state index >= 15 is 0 Å². The number of amides is 2. The summed E-state index contributed by atoms with van der Waals surface area (Å²) in [5.41, 5.74) is 0.359. The van der Waals surface area contributed by atoms with E-state index in [1.165, 1.54) is 31.2 Å². The van der Waals surface area contributed by atoms with E-state index < -0.39 is 27.9 Å². The van der Waals surface area contributed by atoms with Crippen molar-refractivity contribution in [3.8, 4) is 0 Å². The quantitative estimate of drug-likeness (QED) is 0.614. The first-order valence-electron chi connectivity index (χ1n) is 5.60. The van der Waals surface area contributed by atoms with Gasteiger partial charge in [-0.25, -0.2) is 18.4 Å². The number of nitrogens with one attached hydrogen (secondary N) is 2. The summed E-state index contributed by atoms with van der Waals surface area (Å²) in [5.74, 6) is -1.71. The van der Waals surface area contributed by atoms with Gasteiger partial charge in [-0.15, -0.1) is 0 Å². The second-order valence-electron chi connectivity index (χ2n) is 4.14. The summed E-state index contributed by atoms with van der Waals surface area (Å²) in [4.78, 5) is 22.0. The molecule has 0 aliphatic heterocycles. The molecule has 0 bridgehead atoms. The van der Waals surface area contributed by atoms with Gasteiger partial charge >= 0.3 is 12.0 Å². The topological polar surface area (TPSA) is 139 Å². The van der Waals surface area contributed by atoms with Crippen molar-refractivity contribution < 1.29 is 23.1 Å². The minimum atomic E-state index is -3.77. The molecule has 1 atom stereocenters. The maximum atomic E-state index is 11.5. The Kier molecular flexibility index (Phi) is 5.06. The number of aliphatic carboxylic acids is 1. The van der Waals surface area contributed by atoms with Gasteiger partial charge in [0, 0.05) is 12.2 Å². The van der Waals surface area contributed by atoms with Crippen molar-refractivity contribution >= 4 is 27.7 Å². The zero-order valence-corrected chi connectivity index (χ0v) is 11.5. The summed E-state index contributed by atoms with van der Waals surface area (Å²) < 4.78 is 22.1. The summed E-state index contributed by atoms with van der Waals surface area (Å²) in [6.45, 7) is 1.44. The van der Waals surface area contributed by atoms with Gasteiger partial charge in [-0.05, 0) is 24.3 Å². The highest BCUT2D eigenvalue weighted by Crippen LogP contribution is 2.12. The summed E-state index contributed by atoms with van der Waals surface area (Å²) in [5, 5.41) is 18.4. The number of sulfonamides is 1. The third-order valence-electron chi connectivity index (χ3n) is 2.43. The van der Waals surface area contributed by atoms with Crippen LogP contribution in [0.15, 0.2) is 29.2 Å². The second kappa shape index (κ2) is 6.35. The van der Waals surface area contributed by atoms with Gasteiger partial charge in [-0.1, -0.05) is 6.92 Å². The van der Waals surface area contributed by atoms with E-state index in [2.05, 4.69) is 10.6 Å². The van der Waals surface area contributed by atoms with Crippen LogP contribution < -0.4 is 15.8 Å². The van der Waals surface area contributed by atoms with Crippen LogP contribution in [0.1, 0.15) is 6.92 Å². The lowest BCUT2D eigenvalue weighted by atomic mass is 10.2. The van der Waals surface area contributed by atoms with Crippen LogP contribution in [0.5, 0.6) is 0 Å². The van der Waals surface area contributed by atoms with Gasteiger partial charge in [0.25, 0.3) is 0 Å². The Morgan fingerprint density at radius 2 is 1.85 bits per heavy atom. The van der Waals surface area contributed by atoms with E-state index in [0.29, 0.717) is 5.69 Å². The number of rotatable bonds is 5. The molecule has 20 heavy (non-hydrogen) atoms. The van der Waals surface area contributed by atoms with Gasteiger partial charge in [0.05, 0.1) is 10.8 Å². The Balaban J connectivity index is 2.57. The van der Waals surface area contributed by atoms with Crippen molar-refractivity contribution in [3.05, 3.63) is 24.3 Å². The Morgan fingerprint density at radius 3 is 2.30 bits per heavy atom. The third-order valence-corrected chi connectivity index (χ3v) is 3.36. The maximum absolute atomic E-state index is 11.5. The van der Waals surface area contributed by atoms with Crippen molar-refractivity contribution in [2.75, 3.05) is 11.9 Å². The molecule has 0 fully saturated rings. The van der Waals surface area contributed by atoms with Crippen LogP contribution in [0.2, 0.25) is 0 Å². The molecule has 0 aliphatic rings. The molecule has 1 rings (SSSR count). The van der Waals surface area contributed by atoms with Gasteiger partial charge in [0.15, 0.2) is 0 Å². The van der Waals surface area contributed by atoms with Crippen LogP contribution in [0, 0.1) is 5.92 Å². The number of urea groups is 1. The number of carbonyl (C=O) groups excluding carboxylic acids is 1. The van der Waals surface area contributed by atoms with Gasteiger partial charge in [-0.3, -0.25) is 4.79 Å². The molecule has 8 nitrogen and oxygen atoms in total. The maximum Gasteiger partial charge on any atom is 0.319 e. The lowest BCUT2D eigenvalue weighted by molar-refractivity contribution is -0.140. The number of anilines is 1. The highest BCUT2D eigenvalue weighted by Gasteiger charge is 2.12. The molecular formula is C11H15N3O5S. The van der Waals surface area contributed by atoms with Crippen LogP contribution in [-0.2, 0) is 14.8 Å². The van der Waals surface area contributed by atoms with E-state index in [9.17, 15) is 18.0 Å². The normalized spacial score (nSPS) is 12.5. The van der Waals surface area contributed by atoms with E-state index in [1.54, 1.807) is 0 Å². The first kappa shape index (κ1) is 15.9. The molecular weight excluding hydrogens is 286 g/mol. The Bertz CT molecular complexity index is 597. The van der Waals surface area contributed by atoms with Crippen molar-refractivity contribution in [2.24, 2.45) is 11.1 Å². The fourth-order valence-electron chi connectivity index (χ4n) is 1.24. The number of carbonyl (C=O) groups is 2. The summed E-state index contributed by atoms with van der Waals surface area (Å²) in [6, 6.07) is 4.68. The Labute approximate surface area is 116 Å². The largest absolute Gasteiger partial charge is 0.481 e. The van der Waals surface area contributed by atoms with Crippen LogP contribution >= 0.6 is 0 Å². The van der Waals surface area contributed by atoms with E-state index in [1.807, 2.05) is 0 Å². The highest BCUT2D eigenvalue weighted by atomic mass is 32.2. The second-order valence-corrected chi connectivity index (χ2v) is 5.71. The first-order valence-corrected chi connectivity index (χ1v) is 7.15. The first-order chi connectivity index (χ1) is 9.20. The van der Waals surface area contributed by atoms with Crippen LogP contribution in [0.3, 0.4) is 0 Å². The Hall–Kier alpha value is -2.13. The molecule has 0 saturated heterocycles. The molecule has 0 radical (unpaired) electrons. The van der Waals surface area contributed by atoms with Crippen molar-refractivity contribution in [1.29, 1.82) is 0 Å². The van der Waals surface area contributed by atoms with Crippen LogP contribution in [0.4, 0.5) is 10.5 Å². The van der Waals surface area contributed by atoms with Crippen molar-refractivity contribution in [1.82, 2.24) is 5.32 Å². The molecule has 9 heteroatoms. The number of carboxylic acids is 1. The lowest BCUT2D eigenvalue weighted by Crippen LogP contribution is -2.34. The Morgan fingerprint density at radius 1 is 1.30 bits per heavy atom.